The molecular formula is C19H34N2O2+2. The maximum Gasteiger partial charge on any atom is 0.160 e. The Hall–Kier alpha value is -1.26. The standard InChI is InChI=1S/C19H32N2O2/c1-5-11-21-13-9-17(10-14-21)20(2)12-8-16-6-7-18(22-3)19(15-16)23-4/h6-7,15,17H,5,8-14H2,1-4H3/p+2. The first-order valence-corrected chi connectivity index (χ1v) is 9.04. The lowest BCUT2D eigenvalue weighted by atomic mass is 10.0. The molecular weight excluding hydrogens is 288 g/mol. The molecule has 1 aliphatic heterocycles. The smallest absolute Gasteiger partial charge is 0.160 e. The number of quaternary nitrogens is 2. The summed E-state index contributed by atoms with van der Waals surface area (Å²) in [5.41, 5.74) is 1.33. The Morgan fingerprint density at radius 2 is 1.83 bits per heavy atom. The fourth-order valence-corrected chi connectivity index (χ4v) is 3.70. The van der Waals surface area contributed by atoms with Crippen LogP contribution in [0, 0.1) is 0 Å². The van der Waals surface area contributed by atoms with Gasteiger partial charge >= 0.3 is 0 Å². The molecule has 1 heterocycles. The van der Waals surface area contributed by atoms with E-state index in [4.69, 9.17) is 9.47 Å². The Bertz CT molecular complexity index is 470. The topological polar surface area (TPSA) is 27.3 Å². The molecule has 2 N–H and O–H groups in total. The average Bonchev–Trinajstić information content (AvgIpc) is 2.60. The highest BCUT2D eigenvalue weighted by Crippen LogP contribution is 2.27. The van der Waals surface area contributed by atoms with Gasteiger partial charge in [-0.15, -0.1) is 0 Å². The average molecular weight is 322 g/mol. The second-order valence-electron chi connectivity index (χ2n) is 6.81. The SMILES string of the molecule is CCC[NH+]1CCC([NH+](C)CCc2ccc(OC)c(OC)c2)CC1. The first-order valence-electron chi connectivity index (χ1n) is 9.04. The van der Waals surface area contributed by atoms with Crippen molar-refractivity contribution in [2.45, 2.75) is 38.6 Å². The van der Waals surface area contributed by atoms with Crippen molar-refractivity contribution in [2.75, 3.05) is 47.4 Å². The number of likely N-dealkylation sites (N-methyl/N-ethyl adjacent to an activating group) is 1. The summed E-state index contributed by atoms with van der Waals surface area (Å²) in [4.78, 5) is 3.48. The van der Waals surface area contributed by atoms with E-state index in [0.717, 1.165) is 24.0 Å². The van der Waals surface area contributed by atoms with Crippen molar-refractivity contribution in [3.63, 3.8) is 0 Å². The Kier molecular flexibility index (Phi) is 7.18. The predicted octanol–water partition coefficient (Wildman–Crippen LogP) is 0.218. The monoisotopic (exact) mass is 322 g/mol. The van der Waals surface area contributed by atoms with Gasteiger partial charge in [0.2, 0.25) is 0 Å². The van der Waals surface area contributed by atoms with Crippen molar-refractivity contribution >= 4 is 0 Å². The van der Waals surface area contributed by atoms with Gasteiger partial charge < -0.3 is 19.3 Å². The van der Waals surface area contributed by atoms with Crippen molar-refractivity contribution in [2.24, 2.45) is 0 Å². The van der Waals surface area contributed by atoms with Crippen molar-refractivity contribution in [3.8, 4) is 11.5 Å². The molecule has 0 amide bonds. The lowest BCUT2D eigenvalue weighted by molar-refractivity contribution is -0.947. The third kappa shape index (κ3) is 5.11. The first kappa shape index (κ1) is 18.1. The third-order valence-corrected chi connectivity index (χ3v) is 5.25. The lowest BCUT2D eigenvalue weighted by Crippen LogP contribution is -3.19. The molecule has 1 aromatic rings. The number of piperidine rings is 1. The summed E-state index contributed by atoms with van der Waals surface area (Å²) >= 11 is 0. The highest BCUT2D eigenvalue weighted by molar-refractivity contribution is 5.42. The fraction of sp³-hybridized carbons (Fsp3) is 0.684. The van der Waals surface area contributed by atoms with Crippen LogP contribution in [0.15, 0.2) is 18.2 Å². The minimum Gasteiger partial charge on any atom is -0.493 e. The van der Waals surface area contributed by atoms with E-state index in [9.17, 15) is 0 Å². The molecule has 2 rings (SSSR count). The Morgan fingerprint density at radius 3 is 2.43 bits per heavy atom. The van der Waals surface area contributed by atoms with Crippen molar-refractivity contribution < 1.29 is 19.3 Å². The van der Waals surface area contributed by atoms with E-state index in [1.165, 1.54) is 51.0 Å². The van der Waals surface area contributed by atoms with Crippen molar-refractivity contribution in [1.82, 2.24) is 0 Å². The van der Waals surface area contributed by atoms with Crippen LogP contribution in [0.25, 0.3) is 0 Å². The predicted molar refractivity (Wildman–Crippen MR) is 93.9 cm³/mol. The molecule has 1 saturated heterocycles. The Labute approximate surface area is 141 Å². The summed E-state index contributed by atoms with van der Waals surface area (Å²) in [6.07, 6.45) is 5.14. The molecule has 1 atom stereocenters. The van der Waals surface area contributed by atoms with E-state index >= 15 is 0 Å². The second-order valence-corrected chi connectivity index (χ2v) is 6.81. The third-order valence-electron chi connectivity index (χ3n) is 5.25. The van der Waals surface area contributed by atoms with Gasteiger partial charge in [0.25, 0.3) is 0 Å². The molecule has 1 unspecified atom stereocenters. The van der Waals surface area contributed by atoms with E-state index in [1.54, 1.807) is 24.0 Å². The van der Waals surface area contributed by atoms with Crippen LogP contribution in [-0.2, 0) is 6.42 Å². The summed E-state index contributed by atoms with van der Waals surface area (Å²) in [5.74, 6) is 1.64. The van der Waals surface area contributed by atoms with Gasteiger partial charge in [0, 0.05) is 19.3 Å². The zero-order valence-corrected chi connectivity index (χ0v) is 15.3. The van der Waals surface area contributed by atoms with Gasteiger partial charge in [0.1, 0.15) is 0 Å². The molecule has 23 heavy (non-hydrogen) atoms. The quantitative estimate of drug-likeness (QED) is 0.716. The molecule has 0 aromatic heterocycles. The summed E-state index contributed by atoms with van der Waals surface area (Å²) in [7, 11) is 5.74. The van der Waals surface area contributed by atoms with Gasteiger partial charge in [-0.3, -0.25) is 0 Å². The number of likely N-dealkylation sites (tertiary alicyclic amines) is 1. The van der Waals surface area contributed by atoms with Crippen LogP contribution in [0.1, 0.15) is 31.7 Å². The van der Waals surface area contributed by atoms with E-state index < -0.39 is 0 Å². The number of nitrogens with one attached hydrogen (secondary N) is 2. The van der Waals surface area contributed by atoms with Crippen LogP contribution in [0.3, 0.4) is 0 Å². The van der Waals surface area contributed by atoms with Crippen molar-refractivity contribution in [1.29, 1.82) is 0 Å². The van der Waals surface area contributed by atoms with Gasteiger partial charge in [-0.1, -0.05) is 13.0 Å². The summed E-state index contributed by atoms with van der Waals surface area (Å²) in [6, 6.07) is 7.11. The van der Waals surface area contributed by atoms with E-state index in [2.05, 4.69) is 26.1 Å². The fourth-order valence-electron chi connectivity index (χ4n) is 3.70. The number of ether oxygens (including phenoxy) is 2. The second kappa shape index (κ2) is 9.14. The number of benzene rings is 1. The van der Waals surface area contributed by atoms with Crippen LogP contribution < -0.4 is 19.3 Å². The number of hydrogen-bond acceptors (Lipinski definition) is 2. The highest BCUT2D eigenvalue weighted by Gasteiger charge is 2.27. The number of rotatable bonds is 8. The van der Waals surface area contributed by atoms with Crippen LogP contribution in [0.4, 0.5) is 0 Å². The molecule has 4 nitrogen and oxygen atoms in total. The van der Waals surface area contributed by atoms with E-state index in [0.29, 0.717) is 0 Å². The molecule has 130 valence electrons. The van der Waals surface area contributed by atoms with Gasteiger partial charge in [0.05, 0.1) is 53.5 Å². The molecule has 1 aromatic carbocycles. The molecule has 0 radical (unpaired) electrons. The lowest BCUT2D eigenvalue weighted by Gasteiger charge is -2.32. The van der Waals surface area contributed by atoms with Gasteiger partial charge in [-0.25, -0.2) is 0 Å². The Balaban J connectivity index is 1.81. The van der Waals surface area contributed by atoms with Gasteiger partial charge in [-0.2, -0.15) is 0 Å². The molecule has 0 spiro atoms. The van der Waals surface area contributed by atoms with Crippen molar-refractivity contribution in [3.05, 3.63) is 23.8 Å². The molecule has 0 aliphatic carbocycles. The maximum absolute atomic E-state index is 5.40. The van der Waals surface area contributed by atoms with Gasteiger partial charge in [-0.05, 0) is 24.1 Å². The zero-order valence-electron chi connectivity index (χ0n) is 15.3. The molecule has 0 saturated carbocycles. The van der Waals surface area contributed by atoms with E-state index in [1.807, 2.05) is 6.07 Å². The first-order chi connectivity index (χ1) is 11.2. The number of hydrogen-bond donors (Lipinski definition) is 2. The van der Waals surface area contributed by atoms with Crippen LogP contribution in [-0.4, -0.2) is 53.5 Å². The minimum absolute atomic E-state index is 0.809. The largest absolute Gasteiger partial charge is 0.493 e. The van der Waals surface area contributed by atoms with Crippen LogP contribution >= 0.6 is 0 Å². The molecule has 0 bridgehead atoms. The molecule has 4 heteroatoms. The normalized spacial score (nSPS) is 22.6. The molecule has 1 fully saturated rings. The summed E-state index contributed by atoms with van der Waals surface area (Å²) < 4.78 is 10.7. The molecule has 1 aliphatic rings. The van der Waals surface area contributed by atoms with Gasteiger partial charge in [0.15, 0.2) is 11.5 Å². The van der Waals surface area contributed by atoms with Crippen LogP contribution in [0.5, 0.6) is 11.5 Å². The summed E-state index contributed by atoms with van der Waals surface area (Å²) in [6.45, 7) is 7.53. The van der Waals surface area contributed by atoms with E-state index in [-0.39, 0.29) is 0 Å². The zero-order chi connectivity index (χ0) is 16.7. The Morgan fingerprint density at radius 1 is 1.13 bits per heavy atom. The van der Waals surface area contributed by atoms with Crippen LogP contribution in [0.2, 0.25) is 0 Å². The number of methoxy groups -OCH3 is 2. The minimum atomic E-state index is 0.809. The summed E-state index contributed by atoms with van der Waals surface area (Å²) in [5, 5.41) is 0. The maximum atomic E-state index is 5.40. The highest BCUT2D eigenvalue weighted by atomic mass is 16.5.